The van der Waals surface area contributed by atoms with Crippen molar-refractivity contribution in [3.05, 3.63) is 71.9 Å². The molecule has 1 aromatic carbocycles. The summed E-state index contributed by atoms with van der Waals surface area (Å²) < 4.78 is 15.1. The molecule has 2 amide bonds. The van der Waals surface area contributed by atoms with Crippen LogP contribution in [0, 0.1) is 17.2 Å². The molecular formula is C28H34FN5O3. The highest BCUT2D eigenvalue weighted by Gasteiger charge is 2.36. The summed E-state index contributed by atoms with van der Waals surface area (Å²) in [4.78, 5) is 30.6. The van der Waals surface area contributed by atoms with Gasteiger partial charge >= 0.3 is 6.09 Å². The van der Waals surface area contributed by atoms with E-state index in [1.54, 1.807) is 29.2 Å². The summed E-state index contributed by atoms with van der Waals surface area (Å²) in [5.74, 6) is -0.153. The Hall–Kier alpha value is -3.75. The molecule has 1 unspecified atom stereocenters. The highest BCUT2D eigenvalue weighted by atomic mass is 19.1. The zero-order chi connectivity index (χ0) is 26.6. The molecule has 3 heterocycles. The molecule has 2 N–H and O–H groups in total. The Bertz CT molecular complexity index is 1210. The Morgan fingerprint density at radius 2 is 1.76 bits per heavy atom. The van der Waals surface area contributed by atoms with Gasteiger partial charge in [0.1, 0.15) is 12.4 Å². The van der Waals surface area contributed by atoms with Gasteiger partial charge in [-0.1, -0.05) is 32.9 Å². The average Bonchev–Trinajstić information content (AvgIpc) is 3.26. The van der Waals surface area contributed by atoms with Gasteiger partial charge in [0.05, 0.1) is 5.69 Å². The number of amides is 2. The van der Waals surface area contributed by atoms with Gasteiger partial charge < -0.3 is 15.3 Å². The number of hydrogen-bond acceptors (Lipinski definition) is 4. The fraction of sp³-hybridized carbons (Fsp3) is 0.429. The van der Waals surface area contributed by atoms with Crippen molar-refractivity contribution in [3.63, 3.8) is 0 Å². The third-order valence-corrected chi connectivity index (χ3v) is 7.00. The Morgan fingerprint density at radius 3 is 2.35 bits per heavy atom. The van der Waals surface area contributed by atoms with E-state index in [0.29, 0.717) is 19.5 Å². The van der Waals surface area contributed by atoms with Crippen LogP contribution in [0.5, 0.6) is 0 Å². The molecule has 1 fully saturated rings. The second-order valence-electron chi connectivity index (χ2n) is 10.7. The van der Waals surface area contributed by atoms with Gasteiger partial charge in [-0.05, 0) is 60.1 Å². The topological polar surface area (TPSA) is 100 Å². The van der Waals surface area contributed by atoms with Crippen molar-refractivity contribution in [2.45, 2.75) is 52.6 Å². The molecule has 37 heavy (non-hydrogen) atoms. The van der Waals surface area contributed by atoms with Gasteiger partial charge in [-0.3, -0.25) is 14.5 Å². The van der Waals surface area contributed by atoms with E-state index in [1.807, 2.05) is 43.9 Å². The number of carbonyl (C=O) groups is 2. The molecule has 0 saturated carbocycles. The number of rotatable bonds is 7. The molecule has 0 bridgehead atoms. The van der Waals surface area contributed by atoms with Gasteiger partial charge in [-0.15, -0.1) is 0 Å². The van der Waals surface area contributed by atoms with Crippen LogP contribution in [-0.4, -0.2) is 55.9 Å². The fourth-order valence-electron chi connectivity index (χ4n) is 5.09. The average molecular weight is 508 g/mol. The molecule has 1 saturated heterocycles. The summed E-state index contributed by atoms with van der Waals surface area (Å²) in [6.45, 7) is 7.35. The van der Waals surface area contributed by atoms with Crippen molar-refractivity contribution < 1.29 is 19.1 Å². The maximum atomic E-state index is 13.4. The number of nitrogens with one attached hydrogen (secondary N) is 1. The lowest BCUT2D eigenvalue weighted by atomic mass is 9.75. The van der Waals surface area contributed by atoms with Crippen molar-refractivity contribution in [2.24, 2.45) is 11.3 Å². The zero-order valence-corrected chi connectivity index (χ0v) is 21.5. The van der Waals surface area contributed by atoms with E-state index < -0.39 is 6.09 Å². The Kier molecular flexibility index (Phi) is 7.90. The standard InChI is InChI=1S/C28H34FN5O3/c1-28(2,3)26(31-27(36)37)21-10-14-33(15-11-21)25(35)18-34-23(16-19-4-6-22(29)7-5-19)17-24(32-34)20-8-12-30-13-9-20/h4-9,12-13,17,21,26,31H,10-11,14-16,18H2,1-3H3,(H,36,37). The summed E-state index contributed by atoms with van der Waals surface area (Å²) in [7, 11) is 0. The lowest BCUT2D eigenvalue weighted by molar-refractivity contribution is -0.133. The number of benzene rings is 1. The molecule has 1 aliphatic heterocycles. The predicted molar refractivity (Wildman–Crippen MR) is 138 cm³/mol. The van der Waals surface area contributed by atoms with E-state index in [2.05, 4.69) is 10.3 Å². The molecule has 1 aliphatic rings. The molecule has 3 aromatic rings. The van der Waals surface area contributed by atoms with E-state index in [4.69, 9.17) is 5.10 Å². The van der Waals surface area contributed by atoms with Crippen LogP contribution < -0.4 is 5.32 Å². The minimum Gasteiger partial charge on any atom is -0.465 e. The van der Waals surface area contributed by atoms with E-state index >= 15 is 0 Å². The minimum absolute atomic E-state index is 0.0262. The first-order valence-corrected chi connectivity index (χ1v) is 12.6. The largest absolute Gasteiger partial charge is 0.465 e. The van der Waals surface area contributed by atoms with E-state index in [-0.39, 0.29) is 35.6 Å². The smallest absolute Gasteiger partial charge is 0.404 e. The second-order valence-corrected chi connectivity index (χ2v) is 10.7. The quantitative estimate of drug-likeness (QED) is 0.487. The van der Waals surface area contributed by atoms with E-state index in [0.717, 1.165) is 35.4 Å². The lowest BCUT2D eigenvalue weighted by Gasteiger charge is -2.41. The maximum Gasteiger partial charge on any atom is 0.404 e. The summed E-state index contributed by atoms with van der Waals surface area (Å²) >= 11 is 0. The number of aromatic nitrogens is 3. The third-order valence-electron chi connectivity index (χ3n) is 7.00. The second kappa shape index (κ2) is 11.1. The van der Waals surface area contributed by atoms with Crippen LogP contribution in [0.4, 0.5) is 9.18 Å². The number of piperidine rings is 1. The number of likely N-dealkylation sites (tertiary alicyclic amines) is 1. The van der Waals surface area contributed by atoms with Crippen molar-refractivity contribution >= 4 is 12.0 Å². The van der Waals surface area contributed by atoms with Crippen LogP contribution in [0.2, 0.25) is 0 Å². The van der Waals surface area contributed by atoms with Gasteiger partial charge in [0.25, 0.3) is 0 Å². The molecular weight excluding hydrogens is 473 g/mol. The zero-order valence-electron chi connectivity index (χ0n) is 21.5. The summed E-state index contributed by atoms with van der Waals surface area (Å²) in [5.41, 5.74) is 3.22. The molecule has 9 heteroatoms. The highest BCUT2D eigenvalue weighted by Crippen LogP contribution is 2.32. The number of carbonyl (C=O) groups excluding carboxylic acids is 1. The number of nitrogens with zero attached hydrogens (tertiary/aromatic N) is 4. The maximum absolute atomic E-state index is 13.4. The summed E-state index contributed by atoms with van der Waals surface area (Å²) in [6.07, 6.45) is 4.37. The molecule has 0 aliphatic carbocycles. The van der Waals surface area contributed by atoms with Gasteiger partial charge in [0.15, 0.2) is 0 Å². The third kappa shape index (κ3) is 6.72. The molecule has 1 atom stereocenters. The predicted octanol–water partition coefficient (Wildman–Crippen LogP) is 4.60. The monoisotopic (exact) mass is 507 g/mol. The number of halogens is 1. The fourth-order valence-corrected chi connectivity index (χ4v) is 5.09. The van der Waals surface area contributed by atoms with Gasteiger partial charge in [0.2, 0.25) is 5.91 Å². The van der Waals surface area contributed by atoms with E-state index in [9.17, 15) is 19.1 Å². The molecule has 196 valence electrons. The Labute approximate surface area is 216 Å². The first-order chi connectivity index (χ1) is 17.6. The molecule has 8 nitrogen and oxygen atoms in total. The Morgan fingerprint density at radius 1 is 1.11 bits per heavy atom. The summed E-state index contributed by atoms with van der Waals surface area (Å²) in [6, 6.07) is 11.9. The number of hydrogen-bond donors (Lipinski definition) is 2. The van der Waals surface area contributed by atoms with Crippen molar-refractivity contribution in [3.8, 4) is 11.3 Å². The van der Waals surface area contributed by atoms with Crippen molar-refractivity contribution in [2.75, 3.05) is 13.1 Å². The van der Waals surface area contributed by atoms with Gasteiger partial charge in [-0.2, -0.15) is 5.10 Å². The number of carboxylic acid groups (broad SMARTS) is 1. The highest BCUT2D eigenvalue weighted by molar-refractivity contribution is 5.76. The van der Waals surface area contributed by atoms with Crippen LogP contribution in [0.1, 0.15) is 44.9 Å². The normalized spacial score (nSPS) is 15.4. The molecule has 0 radical (unpaired) electrons. The number of pyridine rings is 1. The molecule has 0 spiro atoms. The van der Waals surface area contributed by atoms with Crippen molar-refractivity contribution in [1.82, 2.24) is 25.0 Å². The van der Waals surface area contributed by atoms with Gasteiger partial charge in [0, 0.05) is 49.2 Å². The minimum atomic E-state index is -1.02. The van der Waals surface area contributed by atoms with Crippen LogP contribution in [0.3, 0.4) is 0 Å². The van der Waals surface area contributed by atoms with E-state index in [1.165, 1.54) is 12.1 Å². The molecule has 2 aromatic heterocycles. The summed E-state index contributed by atoms with van der Waals surface area (Å²) in [5, 5.41) is 16.7. The van der Waals surface area contributed by atoms with Gasteiger partial charge in [-0.25, -0.2) is 9.18 Å². The lowest BCUT2D eigenvalue weighted by Crippen LogP contribution is -2.52. The van der Waals surface area contributed by atoms with Crippen LogP contribution in [0.25, 0.3) is 11.3 Å². The first-order valence-electron chi connectivity index (χ1n) is 12.6. The Balaban J connectivity index is 1.48. The SMILES string of the molecule is CC(C)(C)C(NC(=O)O)C1CCN(C(=O)Cn2nc(-c3ccncc3)cc2Cc2ccc(F)cc2)CC1. The van der Waals surface area contributed by atoms with Crippen LogP contribution in [0.15, 0.2) is 54.9 Å². The van der Waals surface area contributed by atoms with Crippen LogP contribution in [-0.2, 0) is 17.8 Å². The van der Waals surface area contributed by atoms with Crippen LogP contribution >= 0.6 is 0 Å². The molecule has 4 rings (SSSR count). The van der Waals surface area contributed by atoms with Crippen molar-refractivity contribution in [1.29, 1.82) is 0 Å². The first kappa shape index (κ1) is 26.3.